The van der Waals surface area contributed by atoms with E-state index in [1.807, 2.05) is 65.3 Å². The quantitative estimate of drug-likeness (QED) is 0.442. The van der Waals surface area contributed by atoms with Crippen LogP contribution >= 0.6 is 31.9 Å². The summed E-state index contributed by atoms with van der Waals surface area (Å²) in [6, 6.07) is 15.7. The summed E-state index contributed by atoms with van der Waals surface area (Å²) in [6.45, 7) is 0.288. The maximum atomic E-state index is 12.1. The van der Waals surface area contributed by atoms with Crippen LogP contribution in [0.3, 0.4) is 0 Å². The number of hydrogen-bond acceptors (Lipinski definition) is 3. The molecule has 7 heteroatoms. The van der Waals surface area contributed by atoms with E-state index in [9.17, 15) is 4.79 Å². The number of halogens is 2. The molecule has 27 heavy (non-hydrogen) atoms. The number of fused-ring (bicyclic) bond motifs is 2. The minimum Gasteiger partial charge on any atom is -0.483 e. The van der Waals surface area contributed by atoms with Gasteiger partial charge in [-0.2, -0.15) is 0 Å². The van der Waals surface area contributed by atoms with E-state index >= 15 is 0 Å². The highest BCUT2D eigenvalue weighted by atomic mass is 79.9. The monoisotopic (exact) mass is 487 g/mol. The Bertz CT molecular complexity index is 1140. The Labute approximate surface area is 172 Å². The van der Waals surface area contributed by atoms with Gasteiger partial charge in [0.15, 0.2) is 6.61 Å². The highest BCUT2D eigenvalue weighted by molar-refractivity contribution is 9.11. The van der Waals surface area contributed by atoms with E-state index in [1.165, 1.54) is 0 Å². The van der Waals surface area contributed by atoms with Crippen molar-refractivity contribution in [2.75, 3.05) is 6.61 Å². The normalized spacial score (nSPS) is 11.0. The Morgan fingerprint density at radius 1 is 1.07 bits per heavy atom. The molecule has 0 saturated carbocycles. The third-order valence-electron chi connectivity index (χ3n) is 4.12. The predicted molar refractivity (Wildman–Crippen MR) is 112 cm³/mol. The molecule has 0 bridgehead atoms. The summed E-state index contributed by atoms with van der Waals surface area (Å²) in [4.78, 5) is 16.6. The van der Waals surface area contributed by atoms with Crippen molar-refractivity contribution >= 4 is 54.2 Å². The molecule has 0 radical (unpaired) electrons. The Morgan fingerprint density at radius 2 is 1.93 bits per heavy atom. The molecule has 0 aliphatic rings. The van der Waals surface area contributed by atoms with Crippen LogP contribution in [0.2, 0.25) is 0 Å². The highest BCUT2D eigenvalue weighted by Gasteiger charge is 2.09. The molecule has 5 nitrogen and oxygen atoms in total. The largest absolute Gasteiger partial charge is 0.483 e. The van der Waals surface area contributed by atoms with Crippen molar-refractivity contribution in [2.24, 2.45) is 0 Å². The van der Waals surface area contributed by atoms with Gasteiger partial charge < -0.3 is 14.5 Å². The molecule has 4 aromatic rings. The van der Waals surface area contributed by atoms with E-state index in [2.05, 4.69) is 42.2 Å². The predicted octanol–water partition coefficient (Wildman–Crippen LogP) is 4.71. The first-order valence-electron chi connectivity index (χ1n) is 8.30. The molecule has 2 aromatic heterocycles. The van der Waals surface area contributed by atoms with E-state index in [1.54, 1.807) is 0 Å². The molecular weight excluding hydrogens is 474 g/mol. The summed E-state index contributed by atoms with van der Waals surface area (Å²) >= 11 is 6.99. The van der Waals surface area contributed by atoms with Gasteiger partial charge in [0.25, 0.3) is 5.91 Å². The Hall–Kier alpha value is -2.38. The van der Waals surface area contributed by atoms with Gasteiger partial charge in [-0.05, 0) is 60.8 Å². The van der Waals surface area contributed by atoms with E-state index in [-0.39, 0.29) is 12.5 Å². The summed E-state index contributed by atoms with van der Waals surface area (Å²) in [5.41, 5.74) is 1.62. The average Bonchev–Trinajstić information content (AvgIpc) is 3.08. The minimum atomic E-state index is -0.201. The van der Waals surface area contributed by atoms with Crippen LogP contribution in [0.25, 0.3) is 16.4 Å². The van der Waals surface area contributed by atoms with Crippen molar-refractivity contribution < 1.29 is 9.53 Å². The zero-order valence-electron chi connectivity index (χ0n) is 14.2. The number of nitrogens with zero attached hydrogens (tertiary/aromatic N) is 2. The van der Waals surface area contributed by atoms with Gasteiger partial charge in [-0.15, -0.1) is 0 Å². The van der Waals surface area contributed by atoms with Gasteiger partial charge in [-0.25, -0.2) is 4.98 Å². The van der Waals surface area contributed by atoms with Crippen LogP contribution < -0.4 is 10.1 Å². The molecule has 4 rings (SSSR count). The molecule has 0 unspecified atom stereocenters. The van der Waals surface area contributed by atoms with Gasteiger partial charge in [0.05, 0.1) is 16.7 Å². The van der Waals surface area contributed by atoms with Gasteiger partial charge in [0.1, 0.15) is 11.4 Å². The minimum absolute atomic E-state index is 0.0597. The number of pyridine rings is 1. The van der Waals surface area contributed by atoms with Crippen molar-refractivity contribution in [1.82, 2.24) is 14.7 Å². The van der Waals surface area contributed by atoms with Crippen molar-refractivity contribution in [3.63, 3.8) is 0 Å². The van der Waals surface area contributed by atoms with Crippen molar-refractivity contribution in [3.8, 4) is 5.75 Å². The number of nitrogens with one attached hydrogen (secondary N) is 1. The van der Waals surface area contributed by atoms with Gasteiger partial charge in [0, 0.05) is 16.9 Å². The second-order valence-electron chi connectivity index (χ2n) is 6.01. The molecule has 0 fully saturated rings. The molecule has 1 N–H and O–H groups in total. The fourth-order valence-corrected chi connectivity index (χ4v) is 3.77. The van der Waals surface area contributed by atoms with Crippen molar-refractivity contribution in [1.29, 1.82) is 0 Å². The number of carbonyl (C=O) groups excluding carboxylic acids is 1. The lowest BCUT2D eigenvalue weighted by Gasteiger charge is -2.10. The van der Waals surface area contributed by atoms with Crippen LogP contribution in [0.5, 0.6) is 5.75 Å². The number of amides is 1. The molecular formula is C20H15Br2N3O2. The van der Waals surface area contributed by atoms with Gasteiger partial charge in [-0.1, -0.05) is 30.3 Å². The molecule has 0 atom stereocenters. The maximum Gasteiger partial charge on any atom is 0.258 e. The Balaban J connectivity index is 1.37. The summed E-state index contributed by atoms with van der Waals surface area (Å²) in [6.07, 6.45) is 3.81. The van der Waals surface area contributed by atoms with Crippen LogP contribution in [0.1, 0.15) is 5.69 Å². The summed E-state index contributed by atoms with van der Waals surface area (Å²) in [5.74, 6) is 0.440. The third-order valence-corrected chi connectivity index (χ3v) is 5.41. The number of ether oxygens (including phenoxy) is 1. The number of rotatable bonds is 5. The molecule has 0 saturated heterocycles. The Morgan fingerprint density at radius 3 is 2.81 bits per heavy atom. The molecule has 1 amide bonds. The molecule has 2 aromatic carbocycles. The topological polar surface area (TPSA) is 55.6 Å². The second-order valence-corrected chi connectivity index (χ2v) is 7.72. The van der Waals surface area contributed by atoms with E-state index in [4.69, 9.17) is 4.74 Å². The first kappa shape index (κ1) is 18.0. The van der Waals surface area contributed by atoms with Crippen LogP contribution in [0, 0.1) is 0 Å². The summed E-state index contributed by atoms with van der Waals surface area (Å²) < 4.78 is 9.41. The lowest BCUT2D eigenvalue weighted by atomic mass is 10.1. The van der Waals surface area contributed by atoms with E-state index in [0.717, 1.165) is 31.1 Å². The van der Waals surface area contributed by atoms with Crippen molar-refractivity contribution in [2.45, 2.75) is 6.54 Å². The van der Waals surface area contributed by atoms with Gasteiger partial charge in [0.2, 0.25) is 0 Å². The van der Waals surface area contributed by atoms with Crippen LogP contribution in [0.15, 0.2) is 69.9 Å². The molecule has 0 spiro atoms. The summed E-state index contributed by atoms with van der Waals surface area (Å²) in [5, 5.41) is 4.99. The zero-order chi connectivity index (χ0) is 18.8. The SMILES string of the molecule is O=C(COc1ccc2ccccc2c1Br)NCc1cn2cc(Br)ccc2n1. The zero-order valence-corrected chi connectivity index (χ0v) is 17.3. The van der Waals surface area contributed by atoms with E-state index < -0.39 is 0 Å². The molecule has 0 aliphatic heterocycles. The summed E-state index contributed by atoms with van der Waals surface area (Å²) in [7, 11) is 0. The second kappa shape index (κ2) is 7.70. The van der Waals surface area contributed by atoms with Crippen LogP contribution in [0.4, 0.5) is 0 Å². The average molecular weight is 489 g/mol. The van der Waals surface area contributed by atoms with E-state index in [0.29, 0.717) is 12.3 Å². The van der Waals surface area contributed by atoms with Crippen LogP contribution in [-0.4, -0.2) is 21.9 Å². The number of carbonyl (C=O) groups is 1. The van der Waals surface area contributed by atoms with Crippen molar-refractivity contribution in [3.05, 3.63) is 75.6 Å². The van der Waals surface area contributed by atoms with Gasteiger partial charge in [-0.3, -0.25) is 4.79 Å². The molecule has 2 heterocycles. The number of hydrogen-bond donors (Lipinski definition) is 1. The molecule has 0 aliphatic carbocycles. The smallest absolute Gasteiger partial charge is 0.258 e. The highest BCUT2D eigenvalue weighted by Crippen LogP contribution is 2.32. The third kappa shape index (κ3) is 3.99. The Kier molecular flexibility index (Phi) is 5.13. The van der Waals surface area contributed by atoms with Crippen LogP contribution in [-0.2, 0) is 11.3 Å². The van der Waals surface area contributed by atoms with Gasteiger partial charge >= 0.3 is 0 Å². The molecule has 136 valence electrons. The first-order valence-corrected chi connectivity index (χ1v) is 9.88. The maximum absolute atomic E-state index is 12.1. The fraction of sp³-hybridized carbons (Fsp3) is 0.100. The number of aromatic nitrogens is 2. The number of benzene rings is 2. The number of imidazole rings is 1. The fourth-order valence-electron chi connectivity index (χ4n) is 2.81. The standard InChI is InChI=1S/C20H15Br2N3O2/c21-14-6-8-18-24-15(11-25(18)10-14)9-23-19(26)12-27-17-7-5-13-3-1-2-4-16(13)20(17)22/h1-8,10-11H,9,12H2,(H,23,26). The lowest BCUT2D eigenvalue weighted by molar-refractivity contribution is -0.123. The lowest BCUT2D eigenvalue weighted by Crippen LogP contribution is -2.28. The first-order chi connectivity index (χ1) is 13.1.